The minimum absolute atomic E-state index is 0.271. The molecular formula is C20H24FNO4. The summed E-state index contributed by atoms with van der Waals surface area (Å²) in [6.07, 6.45) is 0. The molecule has 0 aromatic heterocycles. The fraction of sp³-hybridized carbons (Fsp3) is 0.350. The number of methoxy groups -OCH3 is 1. The molecular weight excluding hydrogens is 337 g/mol. The molecule has 0 spiro atoms. The van der Waals surface area contributed by atoms with Crippen LogP contribution < -0.4 is 14.8 Å². The van der Waals surface area contributed by atoms with E-state index in [2.05, 4.69) is 5.32 Å². The van der Waals surface area contributed by atoms with E-state index in [4.69, 9.17) is 14.2 Å². The summed E-state index contributed by atoms with van der Waals surface area (Å²) >= 11 is 0. The van der Waals surface area contributed by atoms with Gasteiger partial charge in [-0.05, 0) is 55.8 Å². The Hall–Kier alpha value is -2.60. The number of hydrogen-bond donors (Lipinski definition) is 1. The maximum absolute atomic E-state index is 13.0. The molecule has 1 amide bonds. The first-order valence-electron chi connectivity index (χ1n) is 8.34. The molecule has 0 atom stereocenters. The highest BCUT2D eigenvalue weighted by molar-refractivity contribution is 5.84. The van der Waals surface area contributed by atoms with Gasteiger partial charge in [-0.15, -0.1) is 0 Å². The molecule has 0 aliphatic heterocycles. The Bertz CT molecular complexity index is 716. The van der Waals surface area contributed by atoms with Gasteiger partial charge in [0.1, 0.15) is 23.9 Å². The number of benzene rings is 2. The molecule has 0 heterocycles. The van der Waals surface area contributed by atoms with Crippen LogP contribution >= 0.6 is 0 Å². The van der Waals surface area contributed by atoms with E-state index in [0.29, 0.717) is 25.5 Å². The molecule has 1 N–H and O–H groups in total. The van der Waals surface area contributed by atoms with Gasteiger partial charge in [0.25, 0.3) is 5.91 Å². The molecule has 0 unspecified atom stereocenters. The van der Waals surface area contributed by atoms with Gasteiger partial charge in [0.15, 0.2) is 5.60 Å². The number of ether oxygens (including phenoxy) is 3. The van der Waals surface area contributed by atoms with Gasteiger partial charge in [-0.3, -0.25) is 4.79 Å². The van der Waals surface area contributed by atoms with Gasteiger partial charge in [0, 0.05) is 13.7 Å². The van der Waals surface area contributed by atoms with Crippen molar-refractivity contribution < 1.29 is 23.4 Å². The Morgan fingerprint density at radius 3 is 2.50 bits per heavy atom. The van der Waals surface area contributed by atoms with Crippen molar-refractivity contribution in [2.45, 2.75) is 26.0 Å². The summed E-state index contributed by atoms with van der Waals surface area (Å²) in [5.41, 5.74) is -0.185. The smallest absolute Gasteiger partial charge is 0.263 e. The molecule has 0 radical (unpaired) electrons. The zero-order chi connectivity index (χ0) is 19.0. The highest BCUT2D eigenvalue weighted by atomic mass is 19.1. The van der Waals surface area contributed by atoms with Crippen molar-refractivity contribution >= 4 is 5.91 Å². The molecule has 2 aromatic carbocycles. The van der Waals surface area contributed by atoms with Crippen molar-refractivity contribution in [1.82, 2.24) is 5.32 Å². The van der Waals surface area contributed by atoms with E-state index < -0.39 is 5.60 Å². The van der Waals surface area contributed by atoms with Crippen LogP contribution in [0, 0.1) is 5.82 Å². The highest BCUT2D eigenvalue weighted by Gasteiger charge is 2.29. The van der Waals surface area contributed by atoms with E-state index in [1.54, 1.807) is 21.0 Å². The molecule has 0 saturated carbocycles. The third kappa shape index (κ3) is 6.04. The number of nitrogens with one attached hydrogen (secondary N) is 1. The third-order valence-corrected chi connectivity index (χ3v) is 3.64. The summed E-state index contributed by atoms with van der Waals surface area (Å²) in [7, 11) is 1.62. The molecule has 0 bridgehead atoms. The molecule has 0 saturated heterocycles. The van der Waals surface area contributed by atoms with Gasteiger partial charge in [0.2, 0.25) is 0 Å². The van der Waals surface area contributed by atoms with Crippen LogP contribution in [-0.4, -0.2) is 31.8 Å². The molecule has 6 heteroatoms. The number of carbonyl (C=O) groups excluding carboxylic acids is 1. The van der Waals surface area contributed by atoms with Crippen molar-refractivity contribution in [3.05, 3.63) is 59.9 Å². The lowest BCUT2D eigenvalue weighted by Crippen LogP contribution is -2.46. The van der Waals surface area contributed by atoms with Crippen LogP contribution in [0.2, 0.25) is 0 Å². The van der Waals surface area contributed by atoms with Crippen LogP contribution in [0.25, 0.3) is 0 Å². The van der Waals surface area contributed by atoms with E-state index in [0.717, 1.165) is 11.3 Å². The van der Waals surface area contributed by atoms with Crippen molar-refractivity contribution in [1.29, 1.82) is 0 Å². The normalized spacial score (nSPS) is 11.1. The van der Waals surface area contributed by atoms with Crippen LogP contribution in [0.1, 0.15) is 19.4 Å². The van der Waals surface area contributed by atoms with Crippen LogP contribution in [0.3, 0.4) is 0 Å². The topological polar surface area (TPSA) is 56.8 Å². The van der Waals surface area contributed by atoms with Gasteiger partial charge in [-0.2, -0.15) is 0 Å². The number of halogens is 1. The van der Waals surface area contributed by atoms with E-state index in [1.807, 2.05) is 24.3 Å². The first kappa shape index (κ1) is 19.7. The summed E-state index contributed by atoms with van der Waals surface area (Å²) in [5, 5.41) is 2.85. The fourth-order valence-corrected chi connectivity index (χ4v) is 2.23. The molecule has 0 aliphatic rings. The maximum Gasteiger partial charge on any atom is 0.263 e. The Morgan fingerprint density at radius 1 is 1.08 bits per heavy atom. The first-order valence-corrected chi connectivity index (χ1v) is 8.34. The minimum Gasteiger partial charge on any atom is -0.491 e. The molecule has 0 aliphatic carbocycles. The Labute approximate surface area is 153 Å². The van der Waals surface area contributed by atoms with Crippen LogP contribution in [0.4, 0.5) is 4.39 Å². The highest BCUT2D eigenvalue weighted by Crippen LogP contribution is 2.19. The summed E-state index contributed by atoms with van der Waals surface area (Å²) < 4.78 is 29.1. The van der Waals surface area contributed by atoms with Crippen molar-refractivity contribution in [2.24, 2.45) is 0 Å². The Morgan fingerprint density at radius 2 is 1.81 bits per heavy atom. The fourth-order valence-electron chi connectivity index (χ4n) is 2.23. The van der Waals surface area contributed by atoms with Gasteiger partial charge in [-0.1, -0.05) is 12.1 Å². The van der Waals surface area contributed by atoms with E-state index in [9.17, 15) is 9.18 Å². The summed E-state index contributed by atoms with van der Waals surface area (Å²) in [5.74, 6) is 0.524. The summed E-state index contributed by atoms with van der Waals surface area (Å²) in [6, 6.07) is 13.0. The molecule has 0 fully saturated rings. The van der Waals surface area contributed by atoms with E-state index in [-0.39, 0.29) is 11.7 Å². The maximum atomic E-state index is 13.0. The lowest BCUT2D eigenvalue weighted by molar-refractivity contribution is -0.134. The number of carbonyl (C=O) groups is 1. The van der Waals surface area contributed by atoms with Gasteiger partial charge >= 0.3 is 0 Å². The van der Waals surface area contributed by atoms with Crippen molar-refractivity contribution in [3.63, 3.8) is 0 Å². The summed E-state index contributed by atoms with van der Waals surface area (Å²) in [6.45, 7) is 4.64. The number of amides is 1. The Balaban J connectivity index is 1.90. The Kier molecular flexibility index (Phi) is 6.97. The van der Waals surface area contributed by atoms with Crippen LogP contribution in [0.5, 0.6) is 11.5 Å². The molecule has 26 heavy (non-hydrogen) atoms. The quantitative estimate of drug-likeness (QED) is 0.696. The minimum atomic E-state index is -1.09. The average Bonchev–Trinajstić information content (AvgIpc) is 2.62. The largest absolute Gasteiger partial charge is 0.491 e. The monoisotopic (exact) mass is 361 g/mol. The molecule has 2 aromatic rings. The average molecular weight is 361 g/mol. The van der Waals surface area contributed by atoms with Crippen molar-refractivity contribution in [2.75, 3.05) is 20.3 Å². The van der Waals surface area contributed by atoms with Gasteiger partial charge < -0.3 is 19.5 Å². The third-order valence-electron chi connectivity index (χ3n) is 3.64. The van der Waals surface area contributed by atoms with E-state index in [1.165, 1.54) is 24.3 Å². The van der Waals surface area contributed by atoms with Crippen LogP contribution in [0.15, 0.2) is 48.5 Å². The summed E-state index contributed by atoms with van der Waals surface area (Å²) in [4.78, 5) is 12.4. The lowest BCUT2D eigenvalue weighted by Gasteiger charge is -2.25. The zero-order valence-electron chi connectivity index (χ0n) is 15.3. The second-order valence-electron chi connectivity index (χ2n) is 6.24. The van der Waals surface area contributed by atoms with Gasteiger partial charge in [0.05, 0.1) is 6.61 Å². The molecule has 2 rings (SSSR count). The van der Waals surface area contributed by atoms with Crippen molar-refractivity contribution in [3.8, 4) is 11.5 Å². The molecule has 140 valence electrons. The molecule has 5 nitrogen and oxygen atoms in total. The lowest BCUT2D eigenvalue weighted by atomic mass is 10.1. The predicted octanol–water partition coefficient (Wildman–Crippen LogP) is 3.32. The van der Waals surface area contributed by atoms with E-state index >= 15 is 0 Å². The second-order valence-corrected chi connectivity index (χ2v) is 6.24. The number of hydrogen-bond acceptors (Lipinski definition) is 4. The standard InChI is InChI=1S/C20H24FNO4/c1-20(2,26-17-9-7-16(21)8-10-17)19(23)22-14-15-5-4-6-18(13-15)25-12-11-24-3/h4-10,13H,11-12,14H2,1-3H3,(H,22,23). The SMILES string of the molecule is COCCOc1cccc(CNC(=O)C(C)(C)Oc2ccc(F)cc2)c1. The number of rotatable bonds is 9. The predicted molar refractivity (Wildman–Crippen MR) is 96.8 cm³/mol. The zero-order valence-corrected chi connectivity index (χ0v) is 15.3. The second kappa shape index (κ2) is 9.20. The van der Waals surface area contributed by atoms with Crippen LogP contribution in [-0.2, 0) is 16.1 Å². The van der Waals surface area contributed by atoms with Gasteiger partial charge in [-0.25, -0.2) is 4.39 Å². The first-order chi connectivity index (χ1) is 12.4.